The van der Waals surface area contributed by atoms with Crippen molar-refractivity contribution in [1.82, 2.24) is 4.90 Å². The summed E-state index contributed by atoms with van der Waals surface area (Å²) in [7, 11) is 3.24. The summed E-state index contributed by atoms with van der Waals surface area (Å²) >= 11 is 1.45. The summed E-state index contributed by atoms with van der Waals surface area (Å²) in [6.45, 7) is 5.77. The largest absolute Gasteiger partial charge is 0.383 e. The molecule has 0 fully saturated rings. The minimum atomic E-state index is -0.306. The van der Waals surface area contributed by atoms with Crippen LogP contribution in [0.1, 0.15) is 16.0 Å². The Morgan fingerprint density at radius 1 is 0.966 bits per heavy atom. The molecule has 2 aromatic rings. The van der Waals surface area contributed by atoms with Crippen molar-refractivity contribution in [3.8, 4) is 0 Å². The van der Waals surface area contributed by atoms with Crippen LogP contribution in [0.5, 0.6) is 0 Å². The van der Waals surface area contributed by atoms with E-state index in [1.165, 1.54) is 16.2 Å². The molecule has 2 heterocycles. The zero-order valence-corrected chi connectivity index (χ0v) is 18.0. The van der Waals surface area contributed by atoms with E-state index in [9.17, 15) is 9.59 Å². The van der Waals surface area contributed by atoms with Crippen LogP contribution in [-0.4, -0.2) is 57.2 Å². The third-order valence-corrected chi connectivity index (χ3v) is 5.98. The lowest BCUT2D eigenvalue weighted by atomic mass is 10.1. The minimum Gasteiger partial charge on any atom is -0.383 e. The molecule has 1 aliphatic heterocycles. The molecular formula is C22H26N2O4S. The summed E-state index contributed by atoms with van der Waals surface area (Å²) in [5, 5.41) is 1.91. The van der Waals surface area contributed by atoms with Gasteiger partial charge in [-0.15, -0.1) is 11.3 Å². The maximum atomic E-state index is 13.6. The van der Waals surface area contributed by atoms with E-state index in [4.69, 9.17) is 9.47 Å². The number of rotatable bonds is 9. The zero-order chi connectivity index (χ0) is 21.0. The summed E-state index contributed by atoms with van der Waals surface area (Å²) in [6.07, 6.45) is 0. The molecular weight excluding hydrogens is 388 g/mol. The average Bonchev–Trinajstić information content (AvgIpc) is 3.31. The van der Waals surface area contributed by atoms with Gasteiger partial charge in [-0.1, -0.05) is 18.2 Å². The third-order valence-electron chi connectivity index (χ3n) is 5.09. The Labute approximate surface area is 175 Å². The van der Waals surface area contributed by atoms with Crippen LogP contribution in [0, 0.1) is 13.8 Å². The van der Waals surface area contributed by atoms with Crippen molar-refractivity contribution in [3.63, 3.8) is 0 Å². The quantitative estimate of drug-likeness (QED) is 0.590. The van der Waals surface area contributed by atoms with Gasteiger partial charge in [-0.25, -0.2) is 4.90 Å². The van der Waals surface area contributed by atoms with Crippen molar-refractivity contribution < 1.29 is 19.1 Å². The first-order valence-electron chi connectivity index (χ1n) is 9.47. The van der Waals surface area contributed by atoms with Crippen LogP contribution in [0.4, 0.5) is 5.69 Å². The van der Waals surface area contributed by atoms with Gasteiger partial charge >= 0.3 is 0 Å². The summed E-state index contributed by atoms with van der Waals surface area (Å²) < 4.78 is 10.5. The minimum absolute atomic E-state index is 0.291. The molecule has 0 N–H and O–H groups in total. The highest BCUT2D eigenvalue weighted by Crippen LogP contribution is 2.37. The molecule has 1 aliphatic rings. The number of amides is 2. The highest BCUT2D eigenvalue weighted by Gasteiger charge is 2.43. The number of imide groups is 1. The van der Waals surface area contributed by atoms with Gasteiger partial charge in [0.15, 0.2) is 0 Å². The molecule has 154 valence electrons. The first-order valence-corrected chi connectivity index (χ1v) is 10.3. The molecule has 1 aromatic heterocycles. The van der Waals surface area contributed by atoms with E-state index in [1.807, 2.05) is 54.5 Å². The van der Waals surface area contributed by atoms with E-state index in [0.29, 0.717) is 43.3 Å². The number of anilines is 1. The predicted octanol–water partition coefficient (Wildman–Crippen LogP) is 3.24. The van der Waals surface area contributed by atoms with Crippen molar-refractivity contribution in [2.45, 2.75) is 13.8 Å². The van der Waals surface area contributed by atoms with E-state index in [2.05, 4.69) is 0 Å². The van der Waals surface area contributed by atoms with Gasteiger partial charge in [-0.3, -0.25) is 9.59 Å². The molecule has 7 heteroatoms. The number of benzene rings is 1. The topological polar surface area (TPSA) is 59.1 Å². The Kier molecular flexibility index (Phi) is 6.84. The van der Waals surface area contributed by atoms with Crippen molar-refractivity contribution in [1.29, 1.82) is 0 Å². The second-order valence-electron chi connectivity index (χ2n) is 6.84. The number of hydrogen-bond acceptors (Lipinski definition) is 6. The van der Waals surface area contributed by atoms with Gasteiger partial charge in [0.25, 0.3) is 11.8 Å². The molecule has 6 nitrogen and oxygen atoms in total. The number of methoxy groups -OCH3 is 2. The second-order valence-corrected chi connectivity index (χ2v) is 7.79. The van der Waals surface area contributed by atoms with Crippen LogP contribution in [0.25, 0.3) is 5.57 Å². The molecule has 0 saturated carbocycles. The summed E-state index contributed by atoms with van der Waals surface area (Å²) in [5.74, 6) is -0.597. The normalized spacial score (nSPS) is 14.3. The van der Waals surface area contributed by atoms with E-state index in [0.717, 1.165) is 16.0 Å². The third kappa shape index (κ3) is 4.12. The van der Waals surface area contributed by atoms with Gasteiger partial charge in [0.05, 0.1) is 24.5 Å². The fourth-order valence-corrected chi connectivity index (χ4v) is 4.15. The van der Waals surface area contributed by atoms with Crippen LogP contribution >= 0.6 is 11.3 Å². The molecule has 2 amide bonds. The molecule has 0 bridgehead atoms. The summed E-state index contributed by atoms with van der Waals surface area (Å²) in [5.41, 5.74) is 3.43. The number of thiophene rings is 1. The van der Waals surface area contributed by atoms with Gasteiger partial charge in [0.2, 0.25) is 0 Å². The van der Waals surface area contributed by atoms with Crippen molar-refractivity contribution in [3.05, 3.63) is 57.4 Å². The van der Waals surface area contributed by atoms with Crippen molar-refractivity contribution in [2.75, 3.05) is 45.4 Å². The molecule has 0 saturated heterocycles. The van der Waals surface area contributed by atoms with E-state index in [-0.39, 0.29) is 11.8 Å². The van der Waals surface area contributed by atoms with Gasteiger partial charge in [-0.2, -0.15) is 0 Å². The van der Waals surface area contributed by atoms with Crippen LogP contribution in [-0.2, 0) is 19.1 Å². The zero-order valence-electron chi connectivity index (χ0n) is 17.2. The Morgan fingerprint density at radius 2 is 1.66 bits per heavy atom. The molecule has 0 radical (unpaired) electrons. The number of ether oxygens (including phenoxy) is 2. The fourth-order valence-electron chi connectivity index (χ4n) is 3.39. The summed E-state index contributed by atoms with van der Waals surface area (Å²) in [4.78, 5) is 31.1. The number of carbonyl (C=O) groups excluding carboxylic acids is 2. The second kappa shape index (κ2) is 9.35. The van der Waals surface area contributed by atoms with Gasteiger partial charge < -0.3 is 14.4 Å². The average molecular weight is 415 g/mol. The highest BCUT2D eigenvalue weighted by atomic mass is 32.1. The van der Waals surface area contributed by atoms with Crippen molar-refractivity contribution in [2.24, 2.45) is 0 Å². The molecule has 1 aromatic carbocycles. The molecule has 0 unspecified atom stereocenters. The van der Waals surface area contributed by atoms with Gasteiger partial charge in [0.1, 0.15) is 5.70 Å². The molecule has 29 heavy (non-hydrogen) atoms. The van der Waals surface area contributed by atoms with E-state index >= 15 is 0 Å². The monoisotopic (exact) mass is 414 g/mol. The Balaban J connectivity index is 2.11. The molecule has 0 aliphatic carbocycles. The standard InChI is InChI=1S/C22H26N2O4S/c1-15-7-5-8-17(16(15)2)24-21(25)19(18-9-6-14-29-18)20(22(24)26)23(10-12-27-3)11-13-28-4/h5-9,14H,10-13H2,1-4H3. The molecule has 0 spiro atoms. The number of nitrogens with zero attached hydrogens (tertiary/aromatic N) is 2. The van der Waals surface area contributed by atoms with Crippen molar-refractivity contribution >= 4 is 34.4 Å². The van der Waals surface area contributed by atoms with Gasteiger partial charge in [-0.05, 0) is 42.5 Å². The summed E-state index contributed by atoms with van der Waals surface area (Å²) in [6, 6.07) is 9.43. The lowest BCUT2D eigenvalue weighted by Crippen LogP contribution is -2.38. The Bertz CT molecular complexity index is 913. The first-order chi connectivity index (χ1) is 14.0. The lowest BCUT2D eigenvalue weighted by Gasteiger charge is -2.26. The molecule has 3 rings (SSSR count). The smallest absolute Gasteiger partial charge is 0.282 e. The number of carbonyl (C=O) groups is 2. The number of aryl methyl sites for hydroxylation is 1. The lowest BCUT2D eigenvalue weighted by molar-refractivity contribution is -0.120. The maximum absolute atomic E-state index is 13.6. The molecule has 0 atom stereocenters. The van der Waals surface area contributed by atoms with E-state index in [1.54, 1.807) is 14.2 Å². The maximum Gasteiger partial charge on any atom is 0.282 e. The van der Waals surface area contributed by atoms with Crippen LogP contribution < -0.4 is 4.90 Å². The van der Waals surface area contributed by atoms with Crippen LogP contribution in [0.15, 0.2) is 41.4 Å². The van der Waals surface area contributed by atoms with Crippen LogP contribution in [0.3, 0.4) is 0 Å². The SMILES string of the molecule is COCCN(CCOC)C1=C(c2cccs2)C(=O)N(c2cccc(C)c2C)C1=O. The fraction of sp³-hybridized carbons (Fsp3) is 0.364. The predicted molar refractivity (Wildman–Crippen MR) is 115 cm³/mol. The number of hydrogen-bond donors (Lipinski definition) is 0. The highest BCUT2D eigenvalue weighted by molar-refractivity contribution is 7.11. The van der Waals surface area contributed by atoms with Crippen LogP contribution in [0.2, 0.25) is 0 Å². The van der Waals surface area contributed by atoms with Gasteiger partial charge in [0, 0.05) is 32.2 Å². The van der Waals surface area contributed by atoms with E-state index < -0.39 is 0 Å². The Morgan fingerprint density at radius 3 is 2.24 bits per heavy atom. The first kappa shape index (κ1) is 21.2. The Hall–Kier alpha value is -2.48.